The second kappa shape index (κ2) is 5.46. The van der Waals surface area contributed by atoms with E-state index in [0.717, 1.165) is 17.9 Å². The molecule has 0 amide bonds. The molecule has 2 rings (SSSR count). The molecule has 0 atom stereocenters. The van der Waals surface area contributed by atoms with Gasteiger partial charge < -0.3 is 4.18 Å². The molecule has 7 heteroatoms. The largest absolute Gasteiger partial charge is 0.362 e. The predicted molar refractivity (Wildman–Crippen MR) is 74.2 cm³/mol. The molecule has 0 radical (unpaired) electrons. The molecule has 0 bridgehead atoms. The van der Waals surface area contributed by atoms with Gasteiger partial charge in [0.05, 0.1) is 18.9 Å². The van der Waals surface area contributed by atoms with E-state index in [-0.39, 0.29) is 11.4 Å². The second-order valence-electron chi connectivity index (χ2n) is 4.34. The van der Waals surface area contributed by atoms with E-state index >= 15 is 0 Å². The number of hydrogen-bond acceptors (Lipinski definition) is 5. The third-order valence-corrected chi connectivity index (χ3v) is 3.07. The molecule has 1 aromatic carbocycles. The van der Waals surface area contributed by atoms with Crippen LogP contribution in [0.2, 0.25) is 0 Å². The SMILES string of the molecule is Cc1nc(OS(C)(=O)=O)cc(=O)n1Cc1ccccc1. The molecule has 20 heavy (non-hydrogen) atoms. The van der Waals surface area contributed by atoms with Crippen LogP contribution in [-0.2, 0) is 16.7 Å². The third kappa shape index (κ3) is 3.67. The summed E-state index contributed by atoms with van der Waals surface area (Å²) in [6.07, 6.45) is 0.902. The van der Waals surface area contributed by atoms with Crippen molar-refractivity contribution in [2.24, 2.45) is 0 Å². The minimum Gasteiger partial charge on any atom is -0.362 e. The summed E-state index contributed by atoms with van der Waals surface area (Å²) in [5.41, 5.74) is 0.594. The van der Waals surface area contributed by atoms with Crippen molar-refractivity contribution in [3.8, 4) is 5.88 Å². The van der Waals surface area contributed by atoms with Crippen LogP contribution in [0.25, 0.3) is 0 Å². The zero-order chi connectivity index (χ0) is 14.8. The number of aryl methyl sites for hydroxylation is 1. The van der Waals surface area contributed by atoms with E-state index in [1.807, 2.05) is 30.3 Å². The van der Waals surface area contributed by atoms with Gasteiger partial charge in [0.25, 0.3) is 5.56 Å². The van der Waals surface area contributed by atoms with Crippen molar-refractivity contribution < 1.29 is 12.6 Å². The first kappa shape index (κ1) is 14.3. The standard InChI is InChI=1S/C13H14N2O4S/c1-10-14-12(19-20(2,17)18)8-13(16)15(10)9-11-6-4-3-5-7-11/h3-8H,9H2,1-2H3. The molecule has 0 aliphatic rings. The Kier molecular flexibility index (Phi) is 3.89. The fraction of sp³-hybridized carbons (Fsp3) is 0.231. The fourth-order valence-corrected chi connectivity index (χ4v) is 2.15. The van der Waals surface area contributed by atoms with Gasteiger partial charge in [-0.25, -0.2) is 0 Å². The highest BCUT2D eigenvalue weighted by Gasteiger charge is 2.10. The van der Waals surface area contributed by atoms with E-state index in [1.165, 1.54) is 4.57 Å². The van der Waals surface area contributed by atoms with Gasteiger partial charge in [0.1, 0.15) is 5.82 Å². The van der Waals surface area contributed by atoms with Crippen molar-refractivity contribution in [2.45, 2.75) is 13.5 Å². The number of hydrogen-bond donors (Lipinski definition) is 0. The van der Waals surface area contributed by atoms with Crippen molar-refractivity contribution in [3.63, 3.8) is 0 Å². The molecule has 6 nitrogen and oxygen atoms in total. The van der Waals surface area contributed by atoms with Crippen molar-refractivity contribution in [3.05, 3.63) is 58.1 Å². The van der Waals surface area contributed by atoms with Crippen LogP contribution < -0.4 is 9.74 Å². The van der Waals surface area contributed by atoms with Crippen molar-refractivity contribution in [2.75, 3.05) is 6.26 Å². The summed E-state index contributed by atoms with van der Waals surface area (Å²) in [5, 5.41) is 0. The normalized spacial score (nSPS) is 11.3. The molecule has 1 heterocycles. The average Bonchev–Trinajstić information content (AvgIpc) is 2.33. The van der Waals surface area contributed by atoms with E-state index in [9.17, 15) is 13.2 Å². The van der Waals surface area contributed by atoms with Crippen LogP contribution >= 0.6 is 0 Å². The maximum Gasteiger partial charge on any atom is 0.307 e. The summed E-state index contributed by atoms with van der Waals surface area (Å²) >= 11 is 0. The topological polar surface area (TPSA) is 78.3 Å². The molecule has 106 valence electrons. The van der Waals surface area contributed by atoms with Crippen LogP contribution in [0.3, 0.4) is 0 Å². The molecule has 2 aromatic rings. The quantitative estimate of drug-likeness (QED) is 0.784. The Hall–Kier alpha value is -2.15. The predicted octanol–water partition coefficient (Wildman–Crippen LogP) is 0.938. The molecule has 0 unspecified atom stereocenters. The van der Waals surface area contributed by atoms with Crippen molar-refractivity contribution in [1.82, 2.24) is 9.55 Å². The Balaban J connectivity index is 2.35. The van der Waals surface area contributed by atoms with Gasteiger partial charge in [0.2, 0.25) is 5.88 Å². The number of benzene rings is 1. The smallest absolute Gasteiger partial charge is 0.307 e. The van der Waals surface area contributed by atoms with Gasteiger partial charge in [-0.2, -0.15) is 13.4 Å². The Morgan fingerprint density at radius 1 is 1.25 bits per heavy atom. The molecular weight excluding hydrogens is 280 g/mol. The number of aromatic nitrogens is 2. The molecule has 0 aliphatic heterocycles. The van der Waals surface area contributed by atoms with E-state index in [4.69, 9.17) is 0 Å². The Labute approximate surface area is 116 Å². The minimum absolute atomic E-state index is 0.209. The Morgan fingerprint density at radius 2 is 1.90 bits per heavy atom. The number of rotatable bonds is 4. The highest BCUT2D eigenvalue weighted by Crippen LogP contribution is 2.08. The third-order valence-electron chi connectivity index (χ3n) is 2.60. The zero-order valence-corrected chi connectivity index (χ0v) is 11.9. The molecule has 0 aliphatic carbocycles. The molecule has 0 N–H and O–H groups in total. The van der Waals surface area contributed by atoms with Gasteiger partial charge in [-0.3, -0.25) is 9.36 Å². The monoisotopic (exact) mass is 294 g/mol. The van der Waals surface area contributed by atoms with Crippen LogP contribution in [0.5, 0.6) is 5.88 Å². The van der Waals surface area contributed by atoms with Crippen LogP contribution in [-0.4, -0.2) is 24.2 Å². The first-order valence-corrected chi connectivity index (χ1v) is 7.69. The lowest BCUT2D eigenvalue weighted by molar-refractivity contribution is 0.476. The van der Waals surface area contributed by atoms with Crippen LogP contribution in [0.1, 0.15) is 11.4 Å². The molecular formula is C13H14N2O4S. The van der Waals surface area contributed by atoms with Gasteiger partial charge in [-0.1, -0.05) is 30.3 Å². The van der Waals surface area contributed by atoms with Gasteiger partial charge in [-0.15, -0.1) is 0 Å². The van der Waals surface area contributed by atoms with Crippen molar-refractivity contribution in [1.29, 1.82) is 0 Å². The zero-order valence-electron chi connectivity index (χ0n) is 11.1. The molecule has 0 saturated carbocycles. The summed E-state index contributed by atoms with van der Waals surface area (Å²) in [4.78, 5) is 16.0. The van der Waals surface area contributed by atoms with Crippen molar-refractivity contribution >= 4 is 10.1 Å². The fourth-order valence-electron chi connectivity index (χ4n) is 1.75. The lowest BCUT2D eigenvalue weighted by Crippen LogP contribution is -2.24. The summed E-state index contributed by atoms with van der Waals surface area (Å²) in [7, 11) is -3.69. The van der Waals surface area contributed by atoms with E-state index in [0.29, 0.717) is 12.4 Å². The van der Waals surface area contributed by atoms with E-state index < -0.39 is 10.1 Å². The van der Waals surface area contributed by atoms with E-state index in [1.54, 1.807) is 6.92 Å². The summed E-state index contributed by atoms with van der Waals surface area (Å²) < 4.78 is 28.1. The summed E-state index contributed by atoms with van der Waals surface area (Å²) in [5.74, 6) is 0.180. The maximum absolute atomic E-state index is 12.0. The molecule has 1 aromatic heterocycles. The number of nitrogens with zero attached hydrogens (tertiary/aromatic N) is 2. The van der Waals surface area contributed by atoms with Gasteiger partial charge in [0, 0.05) is 0 Å². The minimum atomic E-state index is -3.69. The van der Waals surface area contributed by atoms with Crippen LogP contribution in [0, 0.1) is 6.92 Å². The van der Waals surface area contributed by atoms with Gasteiger partial charge in [0.15, 0.2) is 0 Å². The first-order chi connectivity index (χ1) is 9.35. The van der Waals surface area contributed by atoms with Gasteiger partial charge in [-0.05, 0) is 12.5 Å². The maximum atomic E-state index is 12.0. The van der Waals surface area contributed by atoms with Gasteiger partial charge >= 0.3 is 10.1 Å². The Bertz CT molecular complexity index is 767. The summed E-state index contributed by atoms with van der Waals surface area (Å²) in [6, 6.07) is 10.5. The first-order valence-electron chi connectivity index (χ1n) is 5.87. The average molecular weight is 294 g/mol. The lowest BCUT2D eigenvalue weighted by atomic mass is 10.2. The second-order valence-corrected chi connectivity index (χ2v) is 5.91. The highest BCUT2D eigenvalue weighted by atomic mass is 32.2. The Morgan fingerprint density at radius 3 is 2.45 bits per heavy atom. The van der Waals surface area contributed by atoms with E-state index in [2.05, 4.69) is 9.17 Å². The van der Waals surface area contributed by atoms with Crippen LogP contribution in [0.15, 0.2) is 41.2 Å². The molecule has 0 saturated heterocycles. The molecule has 0 fully saturated rings. The lowest BCUT2D eigenvalue weighted by Gasteiger charge is -2.10. The highest BCUT2D eigenvalue weighted by molar-refractivity contribution is 7.86. The van der Waals surface area contributed by atoms with Crippen LogP contribution in [0.4, 0.5) is 0 Å². The molecule has 0 spiro atoms. The summed E-state index contributed by atoms with van der Waals surface area (Å²) in [6.45, 7) is 2.00.